The first-order valence-electron chi connectivity index (χ1n) is 46.7. The molecule has 37 heteroatoms. The average Bonchev–Trinajstić information content (AvgIpc) is 1.64. The van der Waals surface area contributed by atoms with Crippen molar-refractivity contribution in [2.24, 2.45) is 47.3 Å². The Kier molecular flexibility index (Phi) is 31.0. The molecule has 8 aliphatic heterocycles. The molecule has 0 bridgehead atoms. The number of fused-ring (bicyclic) bond motifs is 4. The number of nitriles is 1. The SMILES string of the molecule is C[C@H](c1ccc(Cl)cc1Cl)n1nc(C#N)c2ncc(N3CC([C@H]4CCCN(CCO)C4)C3)nc21.Cc1nn([C@H](C)c2ccc(Cl)cc2Cl)c2nc(N3CC([C@@H]4CCCN(CCO)C4)C3)cnc12.Cc1nn([C@H](C)c2ccc(Cl)cc2Cl)c2nc(N3CC([C@@H]4CCCN(CCO)C4)C3)ncc12.Cc1nn([C@H](C)c2ccc(Cl)cc2Cl)c2nc(N3CC([C@H]4CCCN(CCO)C4)C3)ncc12. The number of hydrogen-bond donors (Lipinski definition) is 4. The monoisotopic (exact) mass is 1960 g/mol. The third-order valence-corrected chi connectivity index (χ3v) is 31.0. The molecule has 8 aliphatic rings. The Labute approximate surface area is 816 Å². The molecule has 8 atom stereocenters. The number of anilines is 4. The zero-order valence-electron chi connectivity index (χ0n) is 76.3. The second-order valence-corrected chi connectivity index (χ2v) is 40.7. The fraction of sp³-hybridized carbons (Fsp3) is 0.531. The van der Waals surface area contributed by atoms with E-state index in [0.29, 0.717) is 98.7 Å². The summed E-state index contributed by atoms with van der Waals surface area (Å²) in [6.45, 7) is 34.7. The maximum Gasteiger partial charge on any atom is 0.227 e. The minimum atomic E-state index is -0.247. The molecule has 0 amide bonds. The predicted octanol–water partition coefficient (Wildman–Crippen LogP) is 16.3. The van der Waals surface area contributed by atoms with Gasteiger partial charge < -0.3 is 59.6 Å². The normalized spacial score (nSPS) is 20.7. The van der Waals surface area contributed by atoms with Gasteiger partial charge in [0.15, 0.2) is 28.3 Å². The first-order valence-corrected chi connectivity index (χ1v) is 49.8. The van der Waals surface area contributed by atoms with E-state index in [4.69, 9.17) is 133 Å². The second kappa shape index (κ2) is 42.8. The molecule has 0 spiro atoms. The lowest BCUT2D eigenvalue weighted by Gasteiger charge is -2.47. The van der Waals surface area contributed by atoms with Crippen molar-refractivity contribution < 1.29 is 20.4 Å². The molecule has 0 unspecified atom stereocenters. The summed E-state index contributed by atoms with van der Waals surface area (Å²) < 4.78 is 7.53. The number of β-amino-alcohol motifs (C(OH)–C–C–N with tert-alkyl or cyclic N) is 4. The van der Waals surface area contributed by atoms with E-state index >= 15 is 0 Å². The molecule has 29 nitrogen and oxygen atoms in total. The van der Waals surface area contributed by atoms with Gasteiger partial charge in [0, 0.05) is 157 Å². The van der Waals surface area contributed by atoms with E-state index in [1.54, 1.807) is 41.2 Å². The summed E-state index contributed by atoms with van der Waals surface area (Å²) in [6.07, 6.45) is 17.3. The standard InChI is InChI=1S/C24H27Cl2N7O.3C24H30Cl2N6O/c1-15(19-5-4-18(25)9-20(19)26)33-24-23(21(10-27)30-33)28-11-22(29-24)32-13-17(14-32)16-3-2-6-31(12-16)7-8-34;2*1-15-21-11-27-24(31-13-18(14-31)17-4-3-7-30(12-17)8-9-33)28-23(21)32(29-15)16(2)20-6-5-19(25)10-22(20)26;1-15-23-24(32(29-15)16(2)20-6-5-19(25)10-21(20)26)28-22(11-27-23)31-13-18(14-31)17-4-3-7-30(12-17)8-9-33/h4-5,9,11,15-17,34H,2-3,6-8,12-14H2,1H3;3*5-6,10-11,16-18,33H,3-4,7-9,12-14H2,1-2H3/t15-,16+;16-,17+;2*16-,17-/m1111/s1. The number of likely N-dealkylation sites (tertiary alicyclic amines) is 4. The molecule has 706 valence electrons. The predicted molar refractivity (Wildman–Crippen MR) is 529 cm³/mol. The maximum absolute atomic E-state index is 9.60. The summed E-state index contributed by atoms with van der Waals surface area (Å²) >= 11 is 50.2. The van der Waals surface area contributed by atoms with Crippen molar-refractivity contribution in [2.45, 2.75) is 124 Å². The fourth-order valence-corrected chi connectivity index (χ4v) is 23.2. The van der Waals surface area contributed by atoms with Crippen LogP contribution < -0.4 is 19.6 Å². The van der Waals surface area contributed by atoms with Crippen molar-refractivity contribution in [1.82, 2.24) is 98.6 Å². The van der Waals surface area contributed by atoms with Crippen molar-refractivity contribution in [2.75, 3.05) is 177 Å². The van der Waals surface area contributed by atoms with E-state index in [-0.39, 0.29) is 56.3 Å². The lowest BCUT2D eigenvalue weighted by molar-refractivity contribution is 0.101. The third kappa shape index (κ3) is 21.3. The molecule has 0 aliphatic carbocycles. The van der Waals surface area contributed by atoms with E-state index in [1.165, 1.54) is 51.4 Å². The number of aryl methyl sites for hydroxylation is 3. The Morgan fingerprint density at radius 3 is 0.955 bits per heavy atom. The topological polar surface area (TPSA) is 305 Å². The van der Waals surface area contributed by atoms with Crippen LogP contribution in [0.4, 0.5) is 23.5 Å². The van der Waals surface area contributed by atoms with Crippen molar-refractivity contribution in [3.63, 3.8) is 0 Å². The summed E-state index contributed by atoms with van der Waals surface area (Å²) in [6, 6.07) is 23.7. The van der Waals surface area contributed by atoms with Crippen LogP contribution in [0.3, 0.4) is 0 Å². The number of piperidine rings is 4. The summed E-state index contributed by atoms with van der Waals surface area (Å²) in [7, 11) is 0. The van der Waals surface area contributed by atoms with Gasteiger partial charge in [0.1, 0.15) is 28.7 Å². The van der Waals surface area contributed by atoms with Crippen LogP contribution in [0, 0.1) is 79.4 Å². The lowest BCUT2D eigenvalue weighted by atomic mass is 9.80. The molecule has 0 saturated carbocycles. The van der Waals surface area contributed by atoms with Gasteiger partial charge in [-0.3, -0.25) is 0 Å². The molecule has 16 heterocycles. The molecular formula is C96H117Cl8N25O4. The number of aliphatic hydroxyl groups excluding tert-OH is 4. The van der Waals surface area contributed by atoms with Gasteiger partial charge in [-0.05, 0) is 244 Å². The van der Waals surface area contributed by atoms with Gasteiger partial charge in [0.25, 0.3) is 0 Å². The molecular weight excluding hydrogens is 1850 g/mol. The molecule has 8 saturated heterocycles. The van der Waals surface area contributed by atoms with Crippen molar-refractivity contribution in [1.29, 1.82) is 5.26 Å². The molecule has 133 heavy (non-hydrogen) atoms. The van der Waals surface area contributed by atoms with Crippen LogP contribution in [0.2, 0.25) is 40.2 Å². The Morgan fingerprint density at radius 2 is 0.639 bits per heavy atom. The van der Waals surface area contributed by atoms with Crippen molar-refractivity contribution in [3.05, 3.63) is 183 Å². The highest BCUT2D eigenvalue weighted by molar-refractivity contribution is 6.37. The number of hydrogen-bond acceptors (Lipinski definition) is 25. The van der Waals surface area contributed by atoms with Gasteiger partial charge in [-0.15, -0.1) is 0 Å². The summed E-state index contributed by atoms with van der Waals surface area (Å²) in [5.41, 5.74) is 10.9. The first-order chi connectivity index (χ1) is 64.3. The average molecular weight is 1970 g/mol. The highest BCUT2D eigenvalue weighted by Crippen LogP contribution is 2.43. The number of aliphatic hydroxyl groups is 4. The Morgan fingerprint density at radius 1 is 0.346 bits per heavy atom. The highest BCUT2D eigenvalue weighted by Gasteiger charge is 2.42. The molecule has 4 aromatic carbocycles. The number of nitrogens with zero attached hydrogens (tertiary/aromatic N) is 25. The Hall–Kier alpha value is -8.23. The molecule has 8 aromatic heterocycles. The summed E-state index contributed by atoms with van der Waals surface area (Å²) in [5.74, 6) is 8.53. The maximum atomic E-state index is 9.60. The molecule has 12 aromatic rings. The van der Waals surface area contributed by atoms with Crippen LogP contribution in [0.15, 0.2) is 97.6 Å². The van der Waals surface area contributed by atoms with Gasteiger partial charge in [-0.1, -0.05) is 117 Å². The minimum absolute atomic E-state index is 0.0856. The van der Waals surface area contributed by atoms with Crippen LogP contribution in [0.1, 0.15) is 148 Å². The molecule has 4 N–H and O–H groups in total. The fourth-order valence-electron chi connectivity index (χ4n) is 20.9. The van der Waals surface area contributed by atoms with Crippen molar-refractivity contribution >= 4 is 161 Å². The van der Waals surface area contributed by atoms with E-state index in [9.17, 15) is 25.7 Å². The number of benzene rings is 4. The van der Waals surface area contributed by atoms with Gasteiger partial charge in [-0.25, -0.2) is 48.6 Å². The zero-order valence-corrected chi connectivity index (χ0v) is 82.3. The first kappa shape index (κ1) is 96.5. The van der Waals surface area contributed by atoms with Crippen LogP contribution >= 0.6 is 92.8 Å². The van der Waals surface area contributed by atoms with E-state index in [0.717, 1.165) is 227 Å². The number of rotatable bonds is 24. The quantitative estimate of drug-likeness (QED) is 0.0437. The second-order valence-electron chi connectivity index (χ2n) is 37.3. The van der Waals surface area contributed by atoms with E-state index in [2.05, 4.69) is 86.1 Å². The highest BCUT2D eigenvalue weighted by atomic mass is 35.5. The van der Waals surface area contributed by atoms with Gasteiger partial charge in [0.05, 0.1) is 90.8 Å². The van der Waals surface area contributed by atoms with Crippen LogP contribution in [-0.4, -0.2) is 276 Å². The molecule has 8 fully saturated rings. The zero-order chi connectivity index (χ0) is 93.2. The summed E-state index contributed by atoms with van der Waals surface area (Å²) in [4.78, 5) is 57.0. The molecule has 20 rings (SSSR count). The van der Waals surface area contributed by atoms with Crippen LogP contribution in [0.5, 0.6) is 0 Å². The minimum Gasteiger partial charge on any atom is -0.395 e. The van der Waals surface area contributed by atoms with Crippen LogP contribution in [0.25, 0.3) is 44.4 Å². The van der Waals surface area contributed by atoms with Gasteiger partial charge in [-0.2, -0.15) is 35.6 Å². The lowest BCUT2D eigenvalue weighted by Crippen LogP contribution is -2.54. The third-order valence-electron chi connectivity index (χ3n) is 28.8. The summed E-state index contributed by atoms with van der Waals surface area (Å²) in [5, 5.41) is 72.2. The van der Waals surface area contributed by atoms with Gasteiger partial charge >= 0.3 is 0 Å². The van der Waals surface area contributed by atoms with E-state index < -0.39 is 0 Å². The Balaban J connectivity index is 0.000000124. The number of aromatic nitrogens is 16. The van der Waals surface area contributed by atoms with Gasteiger partial charge in [0.2, 0.25) is 11.9 Å². The van der Waals surface area contributed by atoms with Crippen LogP contribution in [-0.2, 0) is 0 Å². The molecule has 0 radical (unpaired) electrons. The van der Waals surface area contributed by atoms with E-state index in [1.807, 2.05) is 103 Å². The largest absolute Gasteiger partial charge is 0.395 e. The Bertz CT molecular complexity index is 5700. The van der Waals surface area contributed by atoms with Crippen molar-refractivity contribution in [3.8, 4) is 6.07 Å². The number of halogens is 8. The smallest absolute Gasteiger partial charge is 0.227 e.